The summed E-state index contributed by atoms with van der Waals surface area (Å²) in [7, 11) is 0. The molecule has 106 valence electrons. The van der Waals surface area contributed by atoms with Crippen LogP contribution in [-0.2, 0) is 11.2 Å². The Hall–Kier alpha value is -1.55. The summed E-state index contributed by atoms with van der Waals surface area (Å²) in [5, 5.41) is 12.0. The predicted octanol–water partition coefficient (Wildman–Crippen LogP) is 2.36. The molecular weight excluding hydrogens is 242 g/mol. The second-order valence-corrected chi connectivity index (χ2v) is 5.62. The van der Waals surface area contributed by atoms with E-state index in [1.54, 1.807) is 0 Å². The molecule has 1 aromatic rings. The first-order valence-corrected chi connectivity index (χ1v) is 6.52. The number of nitrogens with one attached hydrogen (secondary N) is 1. The van der Waals surface area contributed by atoms with Crippen molar-refractivity contribution < 1.29 is 14.6 Å². The largest absolute Gasteiger partial charge is 0.444 e. The van der Waals surface area contributed by atoms with Crippen LogP contribution in [0.1, 0.15) is 26.3 Å². The van der Waals surface area contributed by atoms with Gasteiger partial charge >= 0.3 is 6.09 Å². The minimum atomic E-state index is -0.502. The number of rotatable bonds is 5. The number of aliphatic hydroxyl groups excluding tert-OH is 1. The van der Waals surface area contributed by atoms with Gasteiger partial charge in [-0.05, 0) is 32.8 Å². The topological polar surface area (TPSA) is 58.6 Å². The summed E-state index contributed by atoms with van der Waals surface area (Å²) in [5.41, 5.74) is 0.644. The Balaban J connectivity index is 2.39. The van der Waals surface area contributed by atoms with Gasteiger partial charge in [0, 0.05) is 19.1 Å². The van der Waals surface area contributed by atoms with Gasteiger partial charge in [-0.1, -0.05) is 30.3 Å². The molecule has 0 spiro atoms. The van der Waals surface area contributed by atoms with Gasteiger partial charge in [-0.15, -0.1) is 0 Å². The van der Waals surface area contributed by atoms with Gasteiger partial charge in [0.25, 0.3) is 0 Å². The summed E-state index contributed by atoms with van der Waals surface area (Å²) >= 11 is 0. The molecule has 0 unspecified atom stereocenters. The second-order valence-electron chi connectivity index (χ2n) is 5.62. The normalized spacial score (nSPS) is 12.8. The van der Waals surface area contributed by atoms with Crippen molar-refractivity contribution in [2.45, 2.75) is 32.8 Å². The molecular formula is C15H23NO3. The van der Waals surface area contributed by atoms with Gasteiger partial charge in [0.1, 0.15) is 5.60 Å². The average Bonchev–Trinajstić information content (AvgIpc) is 2.33. The number of carbonyl (C=O) groups is 1. The van der Waals surface area contributed by atoms with Crippen LogP contribution < -0.4 is 5.32 Å². The average molecular weight is 265 g/mol. The maximum atomic E-state index is 11.5. The van der Waals surface area contributed by atoms with Crippen LogP contribution in [0.5, 0.6) is 0 Å². The Morgan fingerprint density at radius 3 is 2.47 bits per heavy atom. The maximum Gasteiger partial charge on any atom is 0.407 e. The van der Waals surface area contributed by atoms with Crippen molar-refractivity contribution in [1.29, 1.82) is 0 Å². The zero-order valence-electron chi connectivity index (χ0n) is 11.8. The zero-order chi connectivity index (χ0) is 14.3. The van der Waals surface area contributed by atoms with Crippen LogP contribution in [0.4, 0.5) is 4.79 Å². The zero-order valence-corrected chi connectivity index (χ0v) is 11.8. The van der Waals surface area contributed by atoms with E-state index in [9.17, 15) is 9.90 Å². The Labute approximate surface area is 114 Å². The standard InChI is InChI=1S/C15H23NO3/c1-15(2,3)19-14(18)16-10-13(11-17)9-12-7-5-4-6-8-12/h4-8,13,17H,9-11H2,1-3H3,(H,16,18)/t13-/m0/s1. The highest BCUT2D eigenvalue weighted by molar-refractivity contribution is 5.67. The SMILES string of the molecule is CC(C)(C)OC(=O)NC[C@@H](CO)Cc1ccccc1. The van der Waals surface area contributed by atoms with Crippen molar-refractivity contribution in [3.8, 4) is 0 Å². The lowest BCUT2D eigenvalue weighted by Gasteiger charge is -2.21. The Morgan fingerprint density at radius 2 is 1.95 bits per heavy atom. The number of benzene rings is 1. The summed E-state index contributed by atoms with van der Waals surface area (Å²) in [6, 6.07) is 9.90. The third kappa shape index (κ3) is 6.82. The molecule has 4 nitrogen and oxygen atoms in total. The first-order chi connectivity index (χ1) is 8.90. The molecule has 1 aromatic carbocycles. The molecule has 0 heterocycles. The van der Waals surface area contributed by atoms with Crippen LogP contribution in [0.15, 0.2) is 30.3 Å². The van der Waals surface area contributed by atoms with Crippen LogP contribution in [0.25, 0.3) is 0 Å². The van der Waals surface area contributed by atoms with E-state index >= 15 is 0 Å². The predicted molar refractivity (Wildman–Crippen MR) is 75.0 cm³/mol. The minimum absolute atomic E-state index is 0.00471. The molecule has 4 heteroatoms. The number of aliphatic hydroxyl groups is 1. The van der Waals surface area contributed by atoms with E-state index in [0.29, 0.717) is 6.54 Å². The number of alkyl carbamates (subject to hydrolysis) is 1. The van der Waals surface area contributed by atoms with Crippen LogP contribution in [0.3, 0.4) is 0 Å². The van der Waals surface area contributed by atoms with Crippen molar-refractivity contribution in [2.24, 2.45) is 5.92 Å². The monoisotopic (exact) mass is 265 g/mol. The van der Waals surface area contributed by atoms with Gasteiger partial charge in [-0.3, -0.25) is 0 Å². The van der Waals surface area contributed by atoms with Gasteiger partial charge in [0.05, 0.1) is 0 Å². The third-order valence-electron chi connectivity index (χ3n) is 2.56. The number of amides is 1. The number of ether oxygens (including phenoxy) is 1. The van der Waals surface area contributed by atoms with E-state index in [4.69, 9.17) is 4.74 Å². The van der Waals surface area contributed by atoms with E-state index in [0.717, 1.165) is 12.0 Å². The third-order valence-corrected chi connectivity index (χ3v) is 2.56. The quantitative estimate of drug-likeness (QED) is 0.859. The molecule has 0 saturated heterocycles. The smallest absolute Gasteiger partial charge is 0.407 e. The molecule has 2 N–H and O–H groups in total. The lowest BCUT2D eigenvalue weighted by atomic mass is 10.0. The molecule has 0 aliphatic rings. The lowest BCUT2D eigenvalue weighted by molar-refractivity contribution is 0.0512. The highest BCUT2D eigenvalue weighted by Crippen LogP contribution is 2.09. The first-order valence-electron chi connectivity index (χ1n) is 6.52. The molecule has 0 radical (unpaired) electrons. The Morgan fingerprint density at radius 1 is 1.32 bits per heavy atom. The minimum Gasteiger partial charge on any atom is -0.444 e. The van der Waals surface area contributed by atoms with Crippen molar-refractivity contribution >= 4 is 6.09 Å². The first kappa shape index (κ1) is 15.5. The highest BCUT2D eigenvalue weighted by Gasteiger charge is 2.17. The van der Waals surface area contributed by atoms with Gasteiger partial charge < -0.3 is 15.2 Å². The van der Waals surface area contributed by atoms with Crippen LogP contribution in [0, 0.1) is 5.92 Å². The van der Waals surface area contributed by atoms with Gasteiger partial charge in [0.15, 0.2) is 0 Å². The van der Waals surface area contributed by atoms with Gasteiger partial charge in [-0.25, -0.2) is 4.79 Å². The molecule has 1 amide bonds. The van der Waals surface area contributed by atoms with Crippen molar-refractivity contribution in [2.75, 3.05) is 13.2 Å². The number of carbonyl (C=O) groups excluding carboxylic acids is 1. The second kappa shape index (κ2) is 7.14. The summed E-state index contributed by atoms with van der Waals surface area (Å²) in [4.78, 5) is 11.5. The molecule has 0 fully saturated rings. The molecule has 0 saturated carbocycles. The van der Waals surface area contributed by atoms with Crippen LogP contribution >= 0.6 is 0 Å². The van der Waals surface area contributed by atoms with Crippen molar-refractivity contribution in [3.63, 3.8) is 0 Å². The van der Waals surface area contributed by atoms with Gasteiger partial charge in [0.2, 0.25) is 0 Å². The number of hydrogen-bond acceptors (Lipinski definition) is 3. The van der Waals surface area contributed by atoms with Gasteiger partial charge in [-0.2, -0.15) is 0 Å². The Bertz CT molecular complexity index is 384. The molecule has 0 aliphatic heterocycles. The summed E-state index contributed by atoms with van der Waals surface area (Å²) < 4.78 is 5.15. The molecule has 1 rings (SSSR count). The van der Waals surface area contributed by atoms with Crippen molar-refractivity contribution in [3.05, 3.63) is 35.9 Å². The van der Waals surface area contributed by atoms with Crippen LogP contribution in [0.2, 0.25) is 0 Å². The van der Waals surface area contributed by atoms with E-state index in [-0.39, 0.29) is 12.5 Å². The molecule has 0 aromatic heterocycles. The summed E-state index contributed by atoms with van der Waals surface area (Å²) in [6.45, 7) is 5.89. The fraction of sp³-hybridized carbons (Fsp3) is 0.533. The Kier molecular flexibility index (Phi) is 5.83. The highest BCUT2D eigenvalue weighted by atomic mass is 16.6. The fourth-order valence-electron chi connectivity index (χ4n) is 1.69. The van der Waals surface area contributed by atoms with Crippen LogP contribution in [-0.4, -0.2) is 30.0 Å². The molecule has 1 atom stereocenters. The van der Waals surface area contributed by atoms with E-state index < -0.39 is 11.7 Å². The maximum absolute atomic E-state index is 11.5. The van der Waals surface area contributed by atoms with E-state index in [1.807, 2.05) is 51.1 Å². The molecule has 0 aliphatic carbocycles. The van der Waals surface area contributed by atoms with E-state index in [1.165, 1.54) is 0 Å². The summed E-state index contributed by atoms with van der Waals surface area (Å²) in [5.74, 6) is -0.00471. The lowest BCUT2D eigenvalue weighted by Crippen LogP contribution is -2.36. The van der Waals surface area contributed by atoms with E-state index in [2.05, 4.69) is 5.32 Å². The number of hydrogen-bond donors (Lipinski definition) is 2. The summed E-state index contributed by atoms with van der Waals surface area (Å²) in [6.07, 6.45) is 0.284. The molecule has 19 heavy (non-hydrogen) atoms. The van der Waals surface area contributed by atoms with Crippen molar-refractivity contribution in [1.82, 2.24) is 5.32 Å². The fourth-order valence-corrected chi connectivity index (χ4v) is 1.69. The molecule has 0 bridgehead atoms.